The molecule has 108 valence electrons. The predicted molar refractivity (Wildman–Crippen MR) is 76.9 cm³/mol. The lowest BCUT2D eigenvalue weighted by atomic mass is 10.2. The van der Waals surface area contributed by atoms with Gasteiger partial charge >= 0.3 is 0 Å². The summed E-state index contributed by atoms with van der Waals surface area (Å²) >= 11 is 0. The van der Waals surface area contributed by atoms with Gasteiger partial charge in [-0.1, -0.05) is 6.07 Å². The average Bonchev–Trinajstić information content (AvgIpc) is 3.10. The molecule has 1 aliphatic rings. The van der Waals surface area contributed by atoms with Crippen molar-refractivity contribution in [3.8, 4) is 11.5 Å². The minimum absolute atomic E-state index is 0.179. The summed E-state index contributed by atoms with van der Waals surface area (Å²) in [6.45, 7) is 2.53. The fourth-order valence-electron chi connectivity index (χ4n) is 2.00. The maximum absolute atomic E-state index is 11.7. The van der Waals surface area contributed by atoms with E-state index in [2.05, 4.69) is 5.32 Å². The summed E-state index contributed by atoms with van der Waals surface area (Å²) in [5.41, 5.74) is 0.954. The standard InChI is InChI=1S/C16H15NO4/c1-11-2-4-13(21-11)5-7-16(18)17-9-12-3-6-14-15(8-12)20-10-19-14/h2-8H,9-10H2,1H3,(H,17,18)/b7-5+. The van der Waals surface area contributed by atoms with Crippen molar-refractivity contribution in [1.29, 1.82) is 0 Å². The monoisotopic (exact) mass is 285 g/mol. The van der Waals surface area contributed by atoms with Gasteiger partial charge in [0.2, 0.25) is 12.7 Å². The van der Waals surface area contributed by atoms with E-state index in [1.54, 1.807) is 6.08 Å². The lowest BCUT2D eigenvalue weighted by Crippen LogP contribution is -2.20. The van der Waals surface area contributed by atoms with Crippen molar-refractivity contribution in [1.82, 2.24) is 5.32 Å². The minimum Gasteiger partial charge on any atom is -0.462 e. The second kappa shape index (κ2) is 5.75. The highest BCUT2D eigenvalue weighted by Crippen LogP contribution is 2.32. The highest BCUT2D eigenvalue weighted by molar-refractivity contribution is 5.91. The van der Waals surface area contributed by atoms with Gasteiger partial charge in [-0.3, -0.25) is 4.79 Å². The number of amides is 1. The normalized spacial score (nSPS) is 12.8. The summed E-state index contributed by atoms with van der Waals surface area (Å²) in [4.78, 5) is 11.7. The van der Waals surface area contributed by atoms with Crippen molar-refractivity contribution in [3.63, 3.8) is 0 Å². The molecule has 0 aliphatic carbocycles. The van der Waals surface area contributed by atoms with Crippen LogP contribution in [-0.4, -0.2) is 12.7 Å². The quantitative estimate of drug-likeness (QED) is 0.877. The van der Waals surface area contributed by atoms with Gasteiger partial charge in [0, 0.05) is 12.6 Å². The van der Waals surface area contributed by atoms with Crippen LogP contribution in [0.4, 0.5) is 0 Å². The Balaban J connectivity index is 1.55. The minimum atomic E-state index is -0.179. The summed E-state index contributed by atoms with van der Waals surface area (Å²) in [6, 6.07) is 9.27. The van der Waals surface area contributed by atoms with Crippen LogP contribution in [0, 0.1) is 6.92 Å². The van der Waals surface area contributed by atoms with Crippen LogP contribution in [0.25, 0.3) is 6.08 Å². The van der Waals surface area contributed by atoms with E-state index >= 15 is 0 Å². The highest BCUT2D eigenvalue weighted by Gasteiger charge is 2.13. The Morgan fingerprint density at radius 3 is 2.90 bits per heavy atom. The second-order valence-electron chi connectivity index (χ2n) is 4.69. The van der Waals surface area contributed by atoms with E-state index in [0.29, 0.717) is 18.1 Å². The number of nitrogens with one attached hydrogen (secondary N) is 1. The zero-order valence-electron chi connectivity index (χ0n) is 11.6. The van der Waals surface area contributed by atoms with E-state index in [0.717, 1.165) is 17.1 Å². The molecule has 0 saturated heterocycles. The second-order valence-corrected chi connectivity index (χ2v) is 4.69. The molecule has 1 amide bonds. The number of carbonyl (C=O) groups is 1. The van der Waals surface area contributed by atoms with E-state index in [4.69, 9.17) is 13.9 Å². The first kappa shape index (κ1) is 13.3. The van der Waals surface area contributed by atoms with E-state index in [9.17, 15) is 4.79 Å². The molecule has 0 radical (unpaired) electrons. The van der Waals surface area contributed by atoms with Crippen LogP contribution >= 0.6 is 0 Å². The molecule has 21 heavy (non-hydrogen) atoms. The molecule has 0 saturated carbocycles. The summed E-state index contributed by atoms with van der Waals surface area (Å²) < 4.78 is 15.9. The zero-order valence-corrected chi connectivity index (χ0v) is 11.6. The highest BCUT2D eigenvalue weighted by atomic mass is 16.7. The van der Waals surface area contributed by atoms with E-state index in [1.165, 1.54) is 6.08 Å². The number of benzene rings is 1. The smallest absolute Gasteiger partial charge is 0.244 e. The molecule has 2 heterocycles. The van der Waals surface area contributed by atoms with E-state index < -0.39 is 0 Å². The van der Waals surface area contributed by atoms with Crippen molar-refractivity contribution in [2.75, 3.05) is 6.79 Å². The maximum atomic E-state index is 11.7. The SMILES string of the molecule is Cc1ccc(/C=C/C(=O)NCc2ccc3c(c2)OCO3)o1. The van der Waals surface area contributed by atoms with Crippen LogP contribution in [0.1, 0.15) is 17.1 Å². The molecule has 1 aromatic heterocycles. The van der Waals surface area contributed by atoms with Crippen molar-refractivity contribution in [3.05, 3.63) is 53.5 Å². The van der Waals surface area contributed by atoms with Crippen molar-refractivity contribution >= 4 is 12.0 Å². The number of fused-ring (bicyclic) bond motifs is 1. The van der Waals surface area contributed by atoms with Gasteiger partial charge in [-0.2, -0.15) is 0 Å². The maximum Gasteiger partial charge on any atom is 0.244 e. The van der Waals surface area contributed by atoms with Gasteiger partial charge in [0.15, 0.2) is 11.5 Å². The van der Waals surface area contributed by atoms with E-state index in [-0.39, 0.29) is 12.7 Å². The number of hydrogen-bond donors (Lipinski definition) is 1. The van der Waals surface area contributed by atoms with Crippen LogP contribution in [0.5, 0.6) is 11.5 Å². The van der Waals surface area contributed by atoms with Crippen LogP contribution in [0.2, 0.25) is 0 Å². The van der Waals surface area contributed by atoms with Crippen molar-refractivity contribution in [2.45, 2.75) is 13.5 Å². The summed E-state index contributed by atoms with van der Waals surface area (Å²) in [5, 5.41) is 2.80. The zero-order chi connectivity index (χ0) is 14.7. The first-order valence-electron chi connectivity index (χ1n) is 6.61. The van der Waals surface area contributed by atoms with Gasteiger partial charge in [0.25, 0.3) is 0 Å². The number of hydrogen-bond acceptors (Lipinski definition) is 4. The molecule has 1 aliphatic heterocycles. The molecule has 1 aromatic carbocycles. The van der Waals surface area contributed by atoms with Crippen LogP contribution in [0.15, 0.2) is 40.8 Å². The number of aryl methyl sites for hydroxylation is 1. The molecule has 0 fully saturated rings. The Kier molecular flexibility index (Phi) is 3.64. The first-order valence-corrected chi connectivity index (χ1v) is 6.61. The molecule has 0 atom stereocenters. The van der Waals surface area contributed by atoms with Gasteiger partial charge in [-0.05, 0) is 42.8 Å². The molecule has 5 nitrogen and oxygen atoms in total. The molecular weight excluding hydrogens is 270 g/mol. The van der Waals surface area contributed by atoms with Crippen LogP contribution < -0.4 is 14.8 Å². The predicted octanol–water partition coefficient (Wildman–Crippen LogP) is 2.65. The third-order valence-electron chi connectivity index (χ3n) is 3.06. The third kappa shape index (κ3) is 3.25. The lowest BCUT2D eigenvalue weighted by molar-refractivity contribution is -0.116. The van der Waals surface area contributed by atoms with E-state index in [1.807, 2.05) is 37.3 Å². The Bertz CT molecular complexity index is 687. The van der Waals surface area contributed by atoms with Gasteiger partial charge in [-0.15, -0.1) is 0 Å². The number of ether oxygens (including phenoxy) is 2. The number of carbonyl (C=O) groups excluding carboxylic acids is 1. The van der Waals surface area contributed by atoms with Gasteiger partial charge in [0.1, 0.15) is 11.5 Å². The van der Waals surface area contributed by atoms with Crippen molar-refractivity contribution < 1.29 is 18.7 Å². The fourth-order valence-corrected chi connectivity index (χ4v) is 2.00. The molecule has 1 N–H and O–H groups in total. The van der Waals surface area contributed by atoms with Crippen LogP contribution in [0.3, 0.4) is 0 Å². The third-order valence-corrected chi connectivity index (χ3v) is 3.06. The Morgan fingerprint density at radius 2 is 2.10 bits per heavy atom. The number of furan rings is 1. The summed E-state index contributed by atoms with van der Waals surface area (Å²) in [6.07, 6.45) is 3.09. The number of rotatable bonds is 4. The molecular formula is C16H15NO4. The lowest BCUT2D eigenvalue weighted by Gasteiger charge is -2.03. The molecule has 2 aromatic rings. The first-order chi connectivity index (χ1) is 10.2. The van der Waals surface area contributed by atoms with Gasteiger partial charge in [0.05, 0.1) is 0 Å². The van der Waals surface area contributed by atoms with Gasteiger partial charge in [-0.25, -0.2) is 0 Å². The Hall–Kier alpha value is -2.69. The summed E-state index contributed by atoms with van der Waals surface area (Å²) in [7, 11) is 0. The largest absolute Gasteiger partial charge is 0.462 e. The molecule has 3 rings (SSSR count). The average molecular weight is 285 g/mol. The Morgan fingerprint density at radius 1 is 1.24 bits per heavy atom. The Labute approximate surface area is 122 Å². The molecule has 5 heteroatoms. The fraction of sp³-hybridized carbons (Fsp3) is 0.188. The van der Waals surface area contributed by atoms with Crippen LogP contribution in [-0.2, 0) is 11.3 Å². The molecule has 0 unspecified atom stereocenters. The van der Waals surface area contributed by atoms with Gasteiger partial charge < -0.3 is 19.2 Å². The summed E-state index contributed by atoms with van der Waals surface area (Å²) in [5.74, 6) is 2.74. The topological polar surface area (TPSA) is 60.7 Å². The molecule has 0 bridgehead atoms. The van der Waals surface area contributed by atoms with Crippen molar-refractivity contribution in [2.24, 2.45) is 0 Å². The molecule has 0 spiro atoms.